The zero-order chi connectivity index (χ0) is 17.6. The van der Waals surface area contributed by atoms with Crippen LogP contribution in [0.3, 0.4) is 0 Å². The Bertz CT molecular complexity index is 1100. The Kier molecular flexibility index (Phi) is 3.49. The summed E-state index contributed by atoms with van der Waals surface area (Å²) in [6.45, 7) is 3.55. The van der Waals surface area contributed by atoms with E-state index in [1.165, 1.54) is 18.2 Å². The van der Waals surface area contributed by atoms with Gasteiger partial charge in [-0.05, 0) is 44.2 Å². The van der Waals surface area contributed by atoms with Crippen LogP contribution in [0.2, 0.25) is 0 Å². The molecule has 0 unspecified atom stereocenters. The van der Waals surface area contributed by atoms with Gasteiger partial charge in [0.25, 0.3) is 5.91 Å². The average Bonchev–Trinajstić information content (AvgIpc) is 3.17. The van der Waals surface area contributed by atoms with Crippen LogP contribution in [0.15, 0.2) is 47.0 Å². The molecule has 4 rings (SSSR count). The van der Waals surface area contributed by atoms with Crippen molar-refractivity contribution in [3.63, 3.8) is 0 Å². The molecule has 0 aliphatic rings. The van der Waals surface area contributed by atoms with Gasteiger partial charge in [-0.3, -0.25) is 9.20 Å². The number of carbonyl (C=O) groups is 1. The van der Waals surface area contributed by atoms with Crippen LogP contribution in [-0.2, 0) is 0 Å². The van der Waals surface area contributed by atoms with E-state index in [4.69, 9.17) is 4.42 Å². The van der Waals surface area contributed by atoms with Crippen LogP contribution in [0.4, 0.5) is 4.39 Å². The normalized spacial score (nSPS) is 12.6. The predicted octanol–water partition coefficient (Wildman–Crippen LogP) is 3.41. The first-order valence-electron chi connectivity index (χ1n) is 7.84. The van der Waals surface area contributed by atoms with Gasteiger partial charge >= 0.3 is 0 Å². The summed E-state index contributed by atoms with van der Waals surface area (Å²) in [4.78, 5) is 12.6. The fourth-order valence-corrected chi connectivity index (χ4v) is 2.89. The van der Waals surface area contributed by atoms with Crippen molar-refractivity contribution in [2.24, 2.45) is 0 Å². The Hall–Kier alpha value is -3.22. The summed E-state index contributed by atoms with van der Waals surface area (Å²) in [7, 11) is 0. The number of furan rings is 1. The van der Waals surface area contributed by atoms with Gasteiger partial charge in [-0.2, -0.15) is 0 Å². The van der Waals surface area contributed by atoms with Gasteiger partial charge in [0.05, 0.1) is 6.04 Å². The number of aromatic nitrogens is 3. The fraction of sp³-hybridized carbons (Fsp3) is 0.167. The molecule has 0 radical (unpaired) electrons. The lowest BCUT2D eigenvalue weighted by Gasteiger charge is -2.11. The monoisotopic (exact) mass is 338 g/mol. The van der Waals surface area contributed by atoms with Gasteiger partial charge in [-0.25, -0.2) is 4.39 Å². The molecule has 1 aromatic carbocycles. The SMILES string of the molecule is Cc1c(C(=O)N[C@@H](C)c2nnc3ccccn23)oc2ccc(F)cc12. The number of carbonyl (C=O) groups excluding carboxylic acids is 1. The maximum atomic E-state index is 13.4. The first-order chi connectivity index (χ1) is 12.0. The number of rotatable bonds is 3. The predicted molar refractivity (Wildman–Crippen MR) is 89.8 cm³/mol. The van der Waals surface area contributed by atoms with Crippen LogP contribution in [-0.4, -0.2) is 20.5 Å². The minimum atomic E-state index is -0.380. The van der Waals surface area contributed by atoms with Crippen molar-refractivity contribution in [2.75, 3.05) is 0 Å². The van der Waals surface area contributed by atoms with E-state index < -0.39 is 0 Å². The molecule has 0 aliphatic carbocycles. The third kappa shape index (κ3) is 2.53. The maximum Gasteiger partial charge on any atom is 0.287 e. The standard InChI is InChI=1S/C18H15FN4O2/c1-10-13-9-12(19)6-7-14(13)25-16(10)18(24)20-11(2)17-22-21-15-5-3-4-8-23(15)17/h3-9,11H,1-2H3,(H,20,24)/t11-/m0/s1. The molecule has 1 N–H and O–H groups in total. The van der Waals surface area contributed by atoms with Crippen molar-refractivity contribution in [1.82, 2.24) is 19.9 Å². The lowest BCUT2D eigenvalue weighted by Crippen LogP contribution is -2.28. The second kappa shape index (κ2) is 5.70. The number of nitrogens with zero attached hydrogens (tertiary/aromatic N) is 3. The number of hydrogen-bond acceptors (Lipinski definition) is 4. The number of benzene rings is 1. The van der Waals surface area contributed by atoms with Crippen LogP contribution in [0.5, 0.6) is 0 Å². The van der Waals surface area contributed by atoms with E-state index in [-0.39, 0.29) is 23.5 Å². The Balaban J connectivity index is 1.64. The maximum absolute atomic E-state index is 13.4. The topological polar surface area (TPSA) is 72.4 Å². The summed E-state index contributed by atoms with van der Waals surface area (Å²) >= 11 is 0. The van der Waals surface area contributed by atoms with Crippen molar-refractivity contribution in [3.8, 4) is 0 Å². The summed E-state index contributed by atoms with van der Waals surface area (Å²) in [5.74, 6) is 0.0333. The summed E-state index contributed by atoms with van der Waals surface area (Å²) in [5.41, 5.74) is 1.78. The van der Waals surface area contributed by atoms with Crippen LogP contribution in [0.25, 0.3) is 16.6 Å². The minimum Gasteiger partial charge on any atom is -0.451 e. The lowest BCUT2D eigenvalue weighted by molar-refractivity contribution is 0.0911. The second-order valence-electron chi connectivity index (χ2n) is 5.88. The number of aryl methyl sites for hydroxylation is 1. The molecule has 126 valence electrons. The first-order valence-corrected chi connectivity index (χ1v) is 7.84. The average molecular weight is 338 g/mol. The molecular formula is C18H15FN4O2. The van der Waals surface area contributed by atoms with Gasteiger partial charge in [0, 0.05) is 17.1 Å². The number of pyridine rings is 1. The molecule has 6 nitrogen and oxygen atoms in total. The molecule has 0 fully saturated rings. The smallest absolute Gasteiger partial charge is 0.287 e. The number of halogens is 1. The van der Waals surface area contributed by atoms with Crippen molar-refractivity contribution >= 4 is 22.5 Å². The Morgan fingerprint density at radius 2 is 2.12 bits per heavy atom. The van der Waals surface area contributed by atoms with E-state index >= 15 is 0 Å². The van der Waals surface area contributed by atoms with E-state index in [2.05, 4.69) is 15.5 Å². The molecular weight excluding hydrogens is 323 g/mol. The minimum absolute atomic E-state index is 0.168. The largest absolute Gasteiger partial charge is 0.451 e. The third-order valence-corrected chi connectivity index (χ3v) is 4.18. The van der Waals surface area contributed by atoms with Gasteiger partial charge < -0.3 is 9.73 Å². The number of nitrogens with one attached hydrogen (secondary N) is 1. The van der Waals surface area contributed by atoms with Crippen molar-refractivity contribution in [1.29, 1.82) is 0 Å². The molecule has 0 bridgehead atoms. The van der Waals surface area contributed by atoms with E-state index in [1.807, 2.05) is 35.7 Å². The highest BCUT2D eigenvalue weighted by Gasteiger charge is 2.22. The molecule has 0 saturated heterocycles. The van der Waals surface area contributed by atoms with Crippen LogP contribution in [0.1, 0.15) is 34.9 Å². The van der Waals surface area contributed by atoms with Gasteiger partial charge in [-0.1, -0.05) is 6.07 Å². The van der Waals surface area contributed by atoms with E-state index in [1.54, 1.807) is 6.92 Å². The Morgan fingerprint density at radius 3 is 2.96 bits per heavy atom. The van der Waals surface area contributed by atoms with Gasteiger partial charge in [0.2, 0.25) is 0 Å². The molecule has 0 saturated carbocycles. The van der Waals surface area contributed by atoms with E-state index in [0.29, 0.717) is 28.0 Å². The van der Waals surface area contributed by atoms with Crippen molar-refractivity contribution in [3.05, 3.63) is 65.6 Å². The van der Waals surface area contributed by atoms with Gasteiger partial charge in [0.15, 0.2) is 17.2 Å². The van der Waals surface area contributed by atoms with Crippen LogP contribution < -0.4 is 5.32 Å². The summed E-state index contributed by atoms with van der Waals surface area (Å²) in [5, 5.41) is 11.7. The first kappa shape index (κ1) is 15.3. The highest BCUT2D eigenvalue weighted by molar-refractivity contribution is 5.99. The molecule has 7 heteroatoms. The van der Waals surface area contributed by atoms with Crippen molar-refractivity contribution < 1.29 is 13.6 Å². The summed E-state index contributed by atoms with van der Waals surface area (Å²) in [6, 6.07) is 9.38. The molecule has 0 spiro atoms. The molecule has 3 aromatic heterocycles. The second-order valence-corrected chi connectivity index (χ2v) is 5.88. The lowest BCUT2D eigenvalue weighted by atomic mass is 10.1. The summed E-state index contributed by atoms with van der Waals surface area (Å²) < 4.78 is 20.8. The molecule has 25 heavy (non-hydrogen) atoms. The third-order valence-electron chi connectivity index (χ3n) is 4.18. The Morgan fingerprint density at radius 1 is 1.28 bits per heavy atom. The molecule has 1 amide bonds. The van der Waals surface area contributed by atoms with Crippen LogP contribution in [0, 0.1) is 12.7 Å². The molecule has 3 heterocycles. The highest BCUT2D eigenvalue weighted by Crippen LogP contribution is 2.26. The Labute approximate surface area is 142 Å². The zero-order valence-corrected chi connectivity index (χ0v) is 13.7. The van der Waals surface area contributed by atoms with E-state index in [0.717, 1.165) is 0 Å². The highest BCUT2D eigenvalue weighted by atomic mass is 19.1. The summed E-state index contributed by atoms with van der Waals surface area (Å²) in [6.07, 6.45) is 1.84. The fourth-order valence-electron chi connectivity index (χ4n) is 2.89. The quantitative estimate of drug-likeness (QED) is 0.621. The molecule has 1 atom stereocenters. The van der Waals surface area contributed by atoms with Crippen molar-refractivity contribution in [2.45, 2.75) is 19.9 Å². The number of amides is 1. The molecule has 0 aliphatic heterocycles. The zero-order valence-electron chi connectivity index (χ0n) is 13.7. The molecule has 4 aromatic rings. The van der Waals surface area contributed by atoms with E-state index in [9.17, 15) is 9.18 Å². The van der Waals surface area contributed by atoms with Gasteiger partial charge in [-0.15, -0.1) is 10.2 Å². The van der Waals surface area contributed by atoms with Gasteiger partial charge in [0.1, 0.15) is 11.4 Å². The number of hydrogen-bond donors (Lipinski definition) is 1. The number of fused-ring (bicyclic) bond motifs is 2. The van der Waals surface area contributed by atoms with Crippen LogP contribution >= 0.6 is 0 Å².